The third kappa shape index (κ3) is 3.98. The Morgan fingerprint density at radius 3 is 0.884 bits per heavy atom. The number of nitrogens with two attached hydrogens (primary N) is 2. The minimum Gasteiger partial charge on any atom is -0.457 e. The molecule has 3 aliphatic rings. The minimum absolute atomic E-state index is 0.807. The van der Waals surface area contributed by atoms with Gasteiger partial charge >= 0.3 is 0 Å². The van der Waals surface area contributed by atoms with Gasteiger partial charge in [0.1, 0.15) is 23.0 Å². The summed E-state index contributed by atoms with van der Waals surface area (Å²) in [6.07, 6.45) is 2.61. The Kier molecular flexibility index (Phi) is 5.06. The second kappa shape index (κ2) is 9.01. The van der Waals surface area contributed by atoms with Crippen molar-refractivity contribution in [3.8, 4) is 56.4 Å². The highest BCUT2D eigenvalue weighted by Crippen LogP contribution is 2.44. The summed E-state index contributed by atoms with van der Waals surface area (Å²) < 4.78 is 12.7. The van der Waals surface area contributed by atoms with Gasteiger partial charge in [0.15, 0.2) is 0 Å². The van der Waals surface area contributed by atoms with Crippen LogP contribution in [-0.2, 0) is 19.3 Å². The van der Waals surface area contributed by atoms with E-state index < -0.39 is 0 Å². The molecule has 0 spiro atoms. The van der Waals surface area contributed by atoms with Gasteiger partial charge in [0, 0.05) is 11.4 Å². The van der Waals surface area contributed by atoms with Crippen LogP contribution >= 0.6 is 0 Å². The van der Waals surface area contributed by atoms with Gasteiger partial charge in [0.05, 0.1) is 0 Å². The molecule has 0 heterocycles. The lowest BCUT2D eigenvalue weighted by atomic mass is 10.0. The lowest BCUT2D eigenvalue weighted by molar-refractivity contribution is 0.482. The molecule has 0 radical (unpaired) electrons. The minimum atomic E-state index is 0.807. The molecule has 4 nitrogen and oxygen atoms in total. The zero-order chi connectivity index (χ0) is 28.7. The topological polar surface area (TPSA) is 70.5 Å². The van der Waals surface area contributed by atoms with Gasteiger partial charge in [0.2, 0.25) is 0 Å². The number of anilines is 2. The monoisotopic (exact) mass is 556 g/mol. The van der Waals surface area contributed by atoms with Crippen LogP contribution in [-0.4, -0.2) is 0 Å². The maximum absolute atomic E-state index is 6.36. The summed E-state index contributed by atoms with van der Waals surface area (Å²) in [6, 6.07) is 37.9. The molecule has 43 heavy (non-hydrogen) atoms. The van der Waals surface area contributed by atoms with E-state index in [1.165, 1.54) is 66.8 Å². The SMILES string of the molecule is Nc1ccc2c(c1)Cc1cc(Oc3ccc4c(c3)Cc3cc(Oc5ccc6c(c5)Cc5cc(N)ccc5-6)ccc3-4)ccc1-2. The Morgan fingerprint density at radius 2 is 0.581 bits per heavy atom. The van der Waals surface area contributed by atoms with E-state index in [1.807, 2.05) is 12.1 Å². The summed E-state index contributed by atoms with van der Waals surface area (Å²) in [4.78, 5) is 0. The predicted octanol–water partition coefficient (Wildman–Crippen LogP) is 9.15. The fourth-order valence-corrected chi connectivity index (χ4v) is 7.10. The maximum Gasteiger partial charge on any atom is 0.127 e. The van der Waals surface area contributed by atoms with Gasteiger partial charge in [-0.05, 0) is 159 Å². The normalized spacial score (nSPS) is 13.0. The molecule has 0 aromatic heterocycles. The molecule has 0 saturated heterocycles. The first-order chi connectivity index (χ1) is 21.0. The van der Waals surface area contributed by atoms with Crippen molar-refractivity contribution >= 4 is 11.4 Å². The largest absolute Gasteiger partial charge is 0.457 e. The smallest absolute Gasteiger partial charge is 0.127 e. The Hall–Kier alpha value is -5.48. The number of nitrogen functional groups attached to an aromatic ring is 2. The molecule has 4 heteroatoms. The van der Waals surface area contributed by atoms with Gasteiger partial charge < -0.3 is 20.9 Å². The summed E-state index contributed by atoms with van der Waals surface area (Å²) >= 11 is 0. The van der Waals surface area contributed by atoms with E-state index >= 15 is 0 Å². The maximum atomic E-state index is 6.36. The molecular weight excluding hydrogens is 528 g/mol. The van der Waals surface area contributed by atoms with Gasteiger partial charge in [-0.1, -0.05) is 36.4 Å². The van der Waals surface area contributed by atoms with E-state index in [4.69, 9.17) is 20.9 Å². The first-order valence-corrected chi connectivity index (χ1v) is 14.7. The van der Waals surface area contributed by atoms with Crippen molar-refractivity contribution in [1.29, 1.82) is 0 Å². The molecule has 0 amide bonds. The van der Waals surface area contributed by atoms with Crippen LogP contribution in [0.5, 0.6) is 23.0 Å². The zero-order valence-corrected chi connectivity index (χ0v) is 23.5. The van der Waals surface area contributed by atoms with Crippen molar-refractivity contribution in [3.05, 3.63) is 143 Å². The van der Waals surface area contributed by atoms with Crippen LogP contribution in [0.1, 0.15) is 33.4 Å². The fourth-order valence-electron chi connectivity index (χ4n) is 7.10. The molecule has 206 valence electrons. The van der Waals surface area contributed by atoms with Crippen molar-refractivity contribution in [2.75, 3.05) is 11.5 Å². The van der Waals surface area contributed by atoms with Gasteiger partial charge in [-0.15, -0.1) is 0 Å². The molecule has 0 unspecified atom stereocenters. The van der Waals surface area contributed by atoms with E-state index in [2.05, 4.69) is 97.1 Å². The van der Waals surface area contributed by atoms with Crippen molar-refractivity contribution < 1.29 is 9.47 Å². The van der Waals surface area contributed by atoms with Gasteiger partial charge in [0.25, 0.3) is 0 Å². The first-order valence-electron chi connectivity index (χ1n) is 14.7. The molecule has 0 saturated carbocycles. The van der Waals surface area contributed by atoms with E-state index in [1.54, 1.807) is 0 Å². The van der Waals surface area contributed by atoms with Crippen LogP contribution < -0.4 is 20.9 Å². The Bertz CT molecular complexity index is 1990. The van der Waals surface area contributed by atoms with Gasteiger partial charge in [-0.2, -0.15) is 0 Å². The van der Waals surface area contributed by atoms with E-state index in [0.717, 1.165) is 53.6 Å². The Balaban J connectivity index is 0.923. The zero-order valence-electron chi connectivity index (χ0n) is 23.5. The van der Waals surface area contributed by atoms with Crippen molar-refractivity contribution in [3.63, 3.8) is 0 Å². The van der Waals surface area contributed by atoms with E-state index in [9.17, 15) is 0 Å². The molecule has 6 aromatic carbocycles. The highest BCUT2D eigenvalue weighted by molar-refractivity contribution is 5.81. The third-order valence-electron chi connectivity index (χ3n) is 9.05. The highest BCUT2D eigenvalue weighted by Gasteiger charge is 2.23. The molecule has 3 aliphatic carbocycles. The Labute approximate surface area is 250 Å². The third-order valence-corrected chi connectivity index (χ3v) is 9.05. The van der Waals surface area contributed by atoms with E-state index in [0.29, 0.717) is 0 Å². The van der Waals surface area contributed by atoms with Crippen LogP contribution in [0.15, 0.2) is 109 Å². The number of hydrogen-bond donors (Lipinski definition) is 2. The second-order valence-corrected chi connectivity index (χ2v) is 11.8. The number of hydrogen-bond acceptors (Lipinski definition) is 4. The summed E-state index contributed by atoms with van der Waals surface area (Å²) in [7, 11) is 0. The summed E-state index contributed by atoms with van der Waals surface area (Å²) in [5, 5.41) is 0. The quantitative estimate of drug-likeness (QED) is 0.212. The molecule has 0 bridgehead atoms. The second-order valence-electron chi connectivity index (χ2n) is 11.8. The summed E-state index contributed by atoms with van der Waals surface area (Å²) in [5.74, 6) is 3.41. The lowest BCUT2D eigenvalue weighted by Gasteiger charge is -2.10. The van der Waals surface area contributed by atoms with Gasteiger partial charge in [-0.3, -0.25) is 0 Å². The van der Waals surface area contributed by atoms with Crippen molar-refractivity contribution in [2.45, 2.75) is 19.3 Å². The molecule has 0 aliphatic heterocycles. The van der Waals surface area contributed by atoms with Crippen molar-refractivity contribution in [1.82, 2.24) is 0 Å². The number of ether oxygens (including phenoxy) is 2. The van der Waals surface area contributed by atoms with Crippen LogP contribution in [0, 0.1) is 0 Å². The van der Waals surface area contributed by atoms with E-state index in [-0.39, 0.29) is 0 Å². The molecular formula is C39H28N2O2. The average Bonchev–Trinajstić information content (AvgIpc) is 3.65. The standard InChI is InChI=1S/C39H28N2O2/c40-28-1-7-34-22(16-28)13-24-18-30(3-9-36(24)34)42-32-5-11-38-26(20-32)15-27-21-33(6-12-39(27)38)43-31-4-10-37-25(19-31)14-23-17-29(41)2-8-35(23)37/h1-12,16-21H,13-15,40-41H2. The lowest BCUT2D eigenvalue weighted by Crippen LogP contribution is -1.89. The van der Waals surface area contributed by atoms with Crippen molar-refractivity contribution in [2.24, 2.45) is 0 Å². The average molecular weight is 557 g/mol. The number of benzene rings is 6. The number of fused-ring (bicyclic) bond motifs is 9. The summed E-state index contributed by atoms with van der Waals surface area (Å²) in [5.41, 5.74) is 28.9. The highest BCUT2D eigenvalue weighted by atomic mass is 16.5. The van der Waals surface area contributed by atoms with Crippen LogP contribution in [0.4, 0.5) is 11.4 Å². The summed E-state index contributed by atoms with van der Waals surface area (Å²) in [6.45, 7) is 0. The van der Waals surface area contributed by atoms with Crippen LogP contribution in [0.3, 0.4) is 0 Å². The molecule has 6 aromatic rings. The molecule has 9 rings (SSSR count). The van der Waals surface area contributed by atoms with Crippen LogP contribution in [0.25, 0.3) is 33.4 Å². The molecule has 0 atom stereocenters. The Morgan fingerprint density at radius 1 is 0.326 bits per heavy atom. The van der Waals surface area contributed by atoms with Gasteiger partial charge in [-0.25, -0.2) is 0 Å². The number of rotatable bonds is 4. The van der Waals surface area contributed by atoms with Crippen LogP contribution in [0.2, 0.25) is 0 Å². The first kappa shape index (κ1) is 24.2. The predicted molar refractivity (Wildman–Crippen MR) is 173 cm³/mol. The molecule has 0 fully saturated rings. The fraction of sp³-hybridized carbons (Fsp3) is 0.0769. The molecule has 4 N–H and O–H groups in total.